The van der Waals surface area contributed by atoms with Crippen molar-refractivity contribution in [2.45, 2.75) is 18.9 Å². The van der Waals surface area contributed by atoms with Gasteiger partial charge in [0.1, 0.15) is 6.04 Å². The largest absolute Gasteiger partial charge is 0.480 e. The number of aliphatic carboxylic acids is 1. The Hall–Kier alpha value is -2.03. The van der Waals surface area contributed by atoms with Gasteiger partial charge < -0.3 is 10.0 Å². The van der Waals surface area contributed by atoms with Crippen LogP contribution in [-0.4, -0.2) is 28.6 Å². The van der Waals surface area contributed by atoms with Crippen molar-refractivity contribution in [3.8, 4) is 0 Å². The van der Waals surface area contributed by atoms with Crippen LogP contribution >= 0.6 is 0 Å². The Morgan fingerprint density at radius 2 is 2.06 bits per heavy atom. The van der Waals surface area contributed by atoms with Gasteiger partial charge in [-0.1, -0.05) is 42.5 Å². The van der Waals surface area contributed by atoms with Gasteiger partial charge in [-0.05, 0) is 30.7 Å². The molecule has 1 heterocycles. The zero-order chi connectivity index (χ0) is 12.8. The Labute approximate surface area is 107 Å². The fourth-order valence-electron chi connectivity index (χ4n) is 2.12. The number of likely N-dealkylation sites (tertiary alicyclic amines) is 1. The van der Waals surface area contributed by atoms with E-state index < -0.39 is 5.97 Å². The zero-order valence-corrected chi connectivity index (χ0v) is 10.2. The molecule has 94 valence electrons. The lowest BCUT2D eigenvalue weighted by Gasteiger charge is -2.17. The maximum atomic E-state index is 11.0. The summed E-state index contributed by atoms with van der Waals surface area (Å²) in [4.78, 5) is 12.9. The van der Waals surface area contributed by atoms with E-state index in [0.29, 0.717) is 0 Å². The minimum Gasteiger partial charge on any atom is -0.480 e. The second-order valence-corrected chi connectivity index (χ2v) is 4.35. The van der Waals surface area contributed by atoms with Crippen molar-refractivity contribution in [1.29, 1.82) is 0 Å². The van der Waals surface area contributed by atoms with Crippen molar-refractivity contribution >= 4 is 12.0 Å². The summed E-state index contributed by atoms with van der Waals surface area (Å²) >= 11 is 0. The molecule has 0 spiro atoms. The average molecular weight is 243 g/mol. The molecule has 1 saturated heterocycles. The van der Waals surface area contributed by atoms with Crippen LogP contribution in [0.2, 0.25) is 0 Å². The summed E-state index contributed by atoms with van der Waals surface area (Å²) in [5.41, 5.74) is 1.14. The summed E-state index contributed by atoms with van der Waals surface area (Å²) in [6.45, 7) is 0.826. The van der Waals surface area contributed by atoms with Gasteiger partial charge in [-0.25, -0.2) is 4.79 Å². The van der Waals surface area contributed by atoms with Crippen molar-refractivity contribution in [2.75, 3.05) is 6.54 Å². The Kier molecular flexibility index (Phi) is 4.18. The van der Waals surface area contributed by atoms with Crippen LogP contribution in [0.3, 0.4) is 0 Å². The first kappa shape index (κ1) is 12.4. The second kappa shape index (κ2) is 6.05. The van der Waals surface area contributed by atoms with Gasteiger partial charge in [0.2, 0.25) is 0 Å². The highest BCUT2D eigenvalue weighted by molar-refractivity contribution is 5.74. The number of hydrogen-bond acceptors (Lipinski definition) is 2. The van der Waals surface area contributed by atoms with E-state index in [4.69, 9.17) is 5.11 Å². The number of benzene rings is 1. The molecule has 0 saturated carbocycles. The molecule has 3 nitrogen and oxygen atoms in total. The van der Waals surface area contributed by atoms with E-state index in [1.807, 2.05) is 59.7 Å². The molecule has 1 fully saturated rings. The summed E-state index contributed by atoms with van der Waals surface area (Å²) in [5, 5.41) is 9.02. The first-order chi connectivity index (χ1) is 8.77. The standard InChI is InChI=1S/C15H17NO2/c17-15(18)14-10-6-12-16(14)11-5-4-9-13-7-2-1-3-8-13/h1-5,7-9,11,14H,6,10,12H2,(H,17,18)/b9-4+,11-5+/t14-/m0/s1. The number of nitrogens with zero attached hydrogens (tertiary/aromatic N) is 1. The van der Waals surface area contributed by atoms with E-state index in [0.717, 1.165) is 24.9 Å². The molecule has 0 unspecified atom stereocenters. The molecular weight excluding hydrogens is 226 g/mol. The van der Waals surface area contributed by atoms with Crippen LogP contribution in [-0.2, 0) is 4.79 Å². The van der Waals surface area contributed by atoms with Gasteiger partial charge >= 0.3 is 5.97 Å². The number of hydrogen-bond donors (Lipinski definition) is 1. The second-order valence-electron chi connectivity index (χ2n) is 4.35. The zero-order valence-electron chi connectivity index (χ0n) is 10.2. The smallest absolute Gasteiger partial charge is 0.326 e. The van der Waals surface area contributed by atoms with Gasteiger partial charge in [-0.15, -0.1) is 0 Å². The molecule has 0 bridgehead atoms. The van der Waals surface area contributed by atoms with E-state index in [2.05, 4.69) is 0 Å². The van der Waals surface area contributed by atoms with Crippen LogP contribution in [0.4, 0.5) is 0 Å². The number of allylic oxidation sites excluding steroid dienone is 2. The molecule has 1 aliphatic heterocycles. The average Bonchev–Trinajstić information content (AvgIpc) is 2.84. The molecule has 0 aromatic heterocycles. The fraction of sp³-hybridized carbons (Fsp3) is 0.267. The highest BCUT2D eigenvalue weighted by Crippen LogP contribution is 2.17. The third-order valence-electron chi connectivity index (χ3n) is 3.06. The summed E-state index contributed by atoms with van der Waals surface area (Å²) in [7, 11) is 0. The molecule has 1 atom stereocenters. The molecule has 2 rings (SSSR count). The van der Waals surface area contributed by atoms with Crippen LogP contribution < -0.4 is 0 Å². The van der Waals surface area contributed by atoms with Crippen molar-refractivity contribution in [2.24, 2.45) is 0 Å². The normalized spacial score (nSPS) is 20.0. The van der Waals surface area contributed by atoms with Gasteiger partial charge in [0.15, 0.2) is 0 Å². The summed E-state index contributed by atoms with van der Waals surface area (Å²) in [5.74, 6) is -0.732. The van der Waals surface area contributed by atoms with E-state index in [1.54, 1.807) is 0 Å². The molecule has 18 heavy (non-hydrogen) atoms. The molecule has 0 radical (unpaired) electrons. The number of carboxylic acid groups (broad SMARTS) is 1. The number of rotatable bonds is 4. The molecule has 0 aliphatic carbocycles. The first-order valence-electron chi connectivity index (χ1n) is 6.16. The minimum absolute atomic E-state index is 0.355. The van der Waals surface area contributed by atoms with Gasteiger partial charge in [-0.3, -0.25) is 0 Å². The molecule has 3 heteroatoms. The molecule has 1 N–H and O–H groups in total. The highest BCUT2D eigenvalue weighted by atomic mass is 16.4. The van der Waals surface area contributed by atoms with E-state index >= 15 is 0 Å². The summed E-state index contributed by atoms with van der Waals surface area (Å²) in [6, 6.07) is 9.66. The summed E-state index contributed by atoms with van der Waals surface area (Å²) in [6.07, 6.45) is 9.39. The van der Waals surface area contributed by atoms with Crippen molar-refractivity contribution in [3.63, 3.8) is 0 Å². The molecule has 1 aromatic carbocycles. The maximum absolute atomic E-state index is 11.0. The van der Waals surface area contributed by atoms with Crippen LogP contribution in [0.5, 0.6) is 0 Å². The third-order valence-corrected chi connectivity index (χ3v) is 3.06. The Bertz CT molecular complexity index is 451. The van der Waals surface area contributed by atoms with Crippen LogP contribution in [0.25, 0.3) is 6.08 Å². The van der Waals surface area contributed by atoms with Crippen molar-refractivity contribution in [1.82, 2.24) is 4.90 Å². The molecule has 1 aliphatic rings. The first-order valence-corrected chi connectivity index (χ1v) is 6.16. The molecule has 0 amide bonds. The van der Waals surface area contributed by atoms with Crippen LogP contribution in [0.15, 0.2) is 48.7 Å². The molecule has 1 aromatic rings. The van der Waals surface area contributed by atoms with Crippen LogP contribution in [0.1, 0.15) is 18.4 Å². The lowest BCUT2D eigenvalue weighted by Crippen LogP contribution is -2.31. The predicted octanol–water partition coefficient (Wildman–Crippen LogP) is 2.76. The number of carbonyl (C=O) groups is 1. The Balaban J connectivity index is 1.91. The quantitative estimate of drug-likeness (QED) is 0.827. The van der Waals surface area contributed by atoms with E-state index in [-0.39, 0.29) is 6.04 Å². The summed E-state index contributed by atoms with van der Waals surface area (Å²) < 4.78 is 0. The highest BCUT2D eigenvalue weighted by Gasteiger charge is 2.27. The fourth-order valence-corrected chi connectivity index (χ4v) is 2.12. The Morgan fingerprint density at radius 3 is 2.78 bits per heavy atom. The van der Waals surface area contributed by atoms with Gasteiger partial charge in [-0.2, -0.15) is 0 Å². The SMILES string of the molecule is O=C(O)[C@@H]1CCCN1/C=C/C=C/c1ccccc1. The van der Waals surface area contributed by atoms with Gasteiger partial charge in [0.05, 0.1) is 0 Å². The molecular formula is C15H17NO2. The van der Waals surface area contributed by atoms with Gasteiger partial charge in [0.25, 0.3) is 0 Å². The maximum Gasteiger partial charge on any atom is 0.326 e. The minimum atomic E-state index is -0.732. The number of carboxylic acids is 1. The Morgan fingerprint density at radius 1 is 1.28 bits per heavy atom. The van der Waals surface area contributed by atoms with Crippen LogP contribution in [0, 0.1) is 0 Å². The van der Waals surface area contributed by atoms with Crippen molar-refractivity contribution < 1.29 is 9.90 Å². The van der Waals surface area contributed by atoms with E-state index in [9.17, 15) is 4.79 Å². The van der Waals surface area contributed by atoms with Gasteiger partial charge in [0, 0.05) is 6.54 Å². The van der Waals surface area contributed by atoms with E-state index in [1.165, 1.54) is 0 Å². The monoisotopic (exact) mass is 243 g/mol. The third kappa shape index (κ3) is 3.23. The predicted molar refractivity (Wildman–Crippen MR) is 72.0 cm³/mol. The lowest BCUT2D eigenvalue weighted by molar-refractivity contribution is -0.141. The van der Waals surface area contributed by atoms with Crippen molar-refractivity contribution in [3.05, 3.63) is 54.2 Å². The lowest BCUT2D eigenvalue weighted by atomic mass is 10.2. The topological polar surface area (TPSA) is 40.5 Å².